The first-order valence-electron chi connectivity index (χ1n) is 10.0. The second-order valence-corrected chi connectivity index (χ2v) is 8.09. The minimum Gasteiger partial charge on any atom is -0.391 e. The number of benzene rings is 2. The molecule has 3 N–H and O–H groups in total. The van der Waals surface area contributed by atoms with Crippen molar-refractivity contribution in [3.8, 4) is 0 Å². The molecule has 0 aromatic heterocycles. The Morgan fingerprint density at radius 3 is 2.70 bits per heavy atom. The minimum absolute atomic E-state index is 0.122. The number of hydrogen-bond donors (Lipinski definition) is 2. The number of carbonyl (C=O) groups excluding carboxylic acids is 2. The molecule has 158 valence electrons. The highest BCUT2D eigenvalue weighted by Crippen LogP contribution is 2.34. The van der Waals surface area contributed by atoms with Crippen molar-refractivity contribution in [1.82, 2.24) is 4.90 Å². The van der Waals surface area contributed by atoms with Gasteiger partial charge in [-0.05, 0) is 66.3 Å². The Labute approximate surface area is 174 Å². The summed E-state index contributed by atoms with van der Waals surface area (Å²) in [4.78, 5) is 26.1. The summed E-state index contributed by atoms with van der Waals surface area (Å²) in [5, 5.41) is 10.3. The molecule has 30 heavy (non-hydrogen) atoms. The molecule has 1 fully saturated rings. The van der Waals surface area contributed by atoms with Crippen molar-refractivity contribution in [2.75, 3.05) is 13.2 Å². The summed E-state index contributed by atoms with van der Waals surface area (Å²) in [6.07, 6.45) is 0.206. The van der Waals surface area contributed by atoms with Gasteiger partial charge in [0, 0.05) is 30.7 Å². The predicted molar refractivity (Wildman–Crippen MR) is 109 cm³/mol. The zero-order valence-corrected chi connectivity index (χ0v) is 17.1. The molecule has 0 unspecified atom stereocenters. The number of amides is 2. The number of fused-ring (bicyclic) bond motifs is 1. The van der Waals surface area contributed by atoms with E-state index in [1.165, 1.54) is 6.07 Å². The first-order chi connectivity index (χ1) is 14.3. The molecule has 2 aromatic carbocycles. The van der Waals surface area contributed by atoms with Gasteiger partial charge in [-0.25, -0.2) is 4.39 Å². The number of ether oxygens (including phenoxy) is 1. The topological polar surface area (TPSA) is 92.9 Å². The van der Waals surface area contributed by atoms with Crippen LogP contribution in [0.5, 0.6) is 0 Å². The number of rotatable bonds is 4. The molecule has 0 aliphatic carbocycles. The Morgan fingerprint density at radius 1 is 1.27 bits per heavy atom. The first kappa shape index (κ1) is 20.5. The van der Waals surface area contributed by atoms with Crippen LogP contribution in [0.2, 0.25) is 0 Å². The summed E-state index contributed by atoms with van der Waals surface area (Å²) in [6.45, 7) is 5.19. The van der Waals surface area contributed by atoms with Crippen LogP contribution in [0.4, 0.5) is 4.39 Å². The van der Waals surface area contributed by atoms with Gasteiger partial charge in [-0.1, -0.05) is 6.07 Å². The maximum absolute atomic E-state index is 14.5. The molecule has 0 saturated carbocycles. The van der Waals surface area contributed by atoms with Crippen LogP contribution in [0.1, 0.15) is 55.0 Å². The van der Waals surface area contributed by atoms with Gasteiger partial charge in [0.2, 0.25) is 5.91 Å². The number of aliphatic hydroxyl groups is 1. The van der Waals surface area contributed by atoms with Crippen molar-refractivity contribution in [3.05, 3.63) is 69.0 Å². The molecule has 2 aliphatic rings. The van der Waals surface area contributed by atoms with Crippen molar-refractivity contribution in [2.45, 2.75) is 45.4 Å². The third kappa shape index (κ3) is 3.48. The standard InChI is InChI=1S/C23H25FN2O4/c1-12-13(2)18-10-26(20-11-30-6-5-21(20)27)23(29)17(18)8-16(12)7-14-3-4-15(22(25)28)9-19(14)24/h3-4,8-9,20-21,27H,5-7,10-11H2,1-2H3,(H2,25,28)/t20-,21-/m1/s1. The molecular formula is C23H25FN2O4. The maximum atomic E-state index is 14.5. The van der Waals surface area contributed by atoms with Crippen molar-refractivity contribution in [3.63, 3.8) is 0 Å². The average Bonchev–Trinajstić information content (AvgIpc) is 3.04. The van der Waals surface area contributed by atoms with Crippen LogP contribution >= 0.6 is 0 Å². The van der Waals surface area contributed by atoms with Gasteiger partial charge in [0.15, 0.2) is 0 Å². The molecule has 2 amide bonds. The van der Waals surface area contributed by atoms with E-state index in [9.17, 15) is 19.1 Å². The zero-order chi connectivity index (χ0) is 21.6. The van der Waals surface area contributed by atoms with Crippen molar-refractivity contribution in [1.29, 1.82) is 0 Å². The lowest BCUT2D eigenvalue weighted by molar-refractivity contribution is -0.0528. The van der Waals surface area contributed by atoms with E-state index >= 15 is 0 Å². The second kappa shape index (κ2) is 7.81. The Bertz CT molecular complexity index is 1040. The molecule has 6 nitrogen and oxygen atoms in total. The van der Waals surface area contributed by atoms with Crippen LogP contribution in [0, 0.1) is 19.7 Å². The Kier molecular flexibility index (Phi) is 5.34. The van der Waals surface area contributed by atoms with Crippen LogP contribution in [-0.2, 0) is 17.7 Å². The highest BCUT2D eigenvalue weighted by atomic mass is 19.1. The van der Waals surface area contributed by atoms with E-state index in [-0.39, 0.29) is 17.5 Å². The number of nitrogens with zero attached hydrogens (tertiary/aromatic N) is 1. The predicted octanol–water partition coefficient (Wildman–Crippen LogP) is 2.24. The summed E-state index contributed by atoms with van der Waals surface area (Å²) in [5.74, 6) is -1.31. The smallest absolute Gasteiger partial charge is 0.254 e. The molecule has 0 bridgehead atoms. The van der Waals surface area contributed by atoms with E-state index in [4.69, 9.17) is 10.5 Å². The number of nitrogens with two attached hydrogens (primary N) is 1. The molecule has 7 heteroatoms. The number of hydrogen-bond acceptors (Lipinski definition) is 4. The third-order valence-corrected chi connectivity index (χ3v) is 6.37. The van der Waals surface area contributed by atoms with Crippen molar-refractivity contribution < 1.29 is 23.8 Å². The van der Waals surface area contributed by atoms with Gasteiger partial charge in [-0.2, -0.15) is 0 Å². The van der Waals surface area contributed by atoms with Crippen molar-refractivity contribution in [2.24, 2.45) is 5.73 Å². The van der Waals surface area contributed by atoms with Crippen LogP contribution in [-0.4, -0.2) is 47.2 Å². The van der Waals surface area contributed by atoms with Crippen molar-refractivity contribution >= 4 is 11.8 Å². The molecule has 0 radical (unpaired) electrons. The molecule has 4 rings (SSSR count). The molecule has 2 heterocycles. The normalized spacial score (nSPS) is 21.1. The van der Waals surface area contributed by atoms with E-state index in [0.29, 0.717) is 43.7 Å². The number of carbonyl (C=O) groups is 2. The fourth-order valence-electron chi connectivity index (χ4n) is 4.34. The van der Waals surface area contributed by atoms with Gasteiger partial charge in [0.05, 0.1) is 18.8 Å². The minimum atomic E-state index is -0.676. The van der Waals surface area contributed by atoms with Crippen LogP contribution in [0.15, 0.2) is 24.3 Å². The number of halogens is 1. The maximum Gasteiger partial charge on any atom is 0.254 e. The average molecular weight is 412 g/mol. The van der Waals surface area contributed by atoms with E-state index in [2.05, 4.69) is 0 Å². The van der Waals surface area contributed by atoms with Crippen LogP contribution < -0.4 is 5.73 Å². The van der Waals surface area contributed by atoms with Gasteiger partial charge in [-0.15, -0.1) is 0 Å². The highest BCUT2D eigenvalue weighted by Gasteiger charge is 2.39. The SMILES string of the molecule is Cc1c(Cc2ccc(C(N)=O)cc2F)cc2c(c1C)CN([C@@H]1COCC[C@H]1O)C2=O. The van der Waals surface area contributed by atoms with E-state index in [1.807, 2.05) is 19.9 Å². The zero-order valence-electron chi connectivity index (χ0n) is 17.1. The number of primary amides is 1. The van der Waals surface area contributed by atoms with Gasteiger partial charge in [0.25, 0.3) is 5.91 Å². The van der Waals surface area contributed by atoms with E-state index in [1.54, 1.807) is 11.0 Å². The molecule has 2 atom stereocenters. The van der Waals surface area contributed by atoms with E-state index < -0.39 is 17.8 Å². The summed E-state index contributed by atoms with van der Waals surface area (Å²) in [6, 6.07) is 5.68. The van der Waals surface area contributed by atoms with Gasteiger partial charge in [-0.3, -0.25) is 9.59 Å². The van der Waals surface area contributed by atoms with Crippen LogP contribution in [0.3, 0.4) is 0 Å². The highest BCUT2D eigenvalue weighted by molar-refractivity contribution is 5.99. The number of aliphatic hydroxyl groups excluding tert-OH is 1. The quantitative estimate of drug-likeness (QED) is 0.806. The van der Waals surface area contributed by atoms with Gasteiger partial charge >= 0.3 is 0 Å². The Hall–Kier alpha value is -2.77. The van der Waals surface area contributed by atoms with Gasteiger partial charge in [0.1, 0.15) is 5.82 Å². The lowest BCUT2D eigenvalue weighted by Crippen LogP contribution is -2.49. The lowest BCUT2D eigenvalue weighted by Gasteiger charge is -2.34. The Morgan fingerprint density at radius 2 is 2.03 bits per heavy atom. The largest absolute Gasteiger partial charge is 0.391 e. The fourth-order valence-corrected chi connectivity index (χ4v) is 4.34. The summed E-state index contributed by atoms with van der Waals surface area (Å²) in [5.41, 5.74) is 10.2. The molecule has 0 spiro atoms. The first-order valence-corrected chi connectivity index (χ1v) is 10.0. The third-order valence-electron chi connectivity index (χ3n) is 6.37. The summed E-state index contributed by atoms with van der Waals surface area (Å²) >= 11 is 0. The molecule has 1 saturated heterocycles. The van der Waals surface area contributed by atoms with Crippen LogP contribution in [0.25, 0.3) is 0 Å². The van der Waals surface area contributed by atoms with E-state index in [0.717, 1.165) is 28.3 Å². The second-order valence-electron chi connectivity index (χ2n) is 8.09. The molecule has 2 aromatic rings. The Balaban J connectivity index is 1.65. The van der Waals surface area contributed by atoms with Gasteiger partial charge < -0.3 is 20.5 Å². The summed E-state index contributed by atoms with van der Waals surface area (Å²) in [7, 11) is 0. The molecule has 2 aliphatic heterocycles. The lowest BCUT2D eigenvalue weighted by atomic mass is 9.91. The fraction of sp³-hybridized carbons (Fsp3) is 0.391. The molecular weight excluding hydrogens is 387 g/mol. The summed E-state index contributed by atoms with van der Waals surface area (Å²) < 4.78 is 20.0. The monoisotopic (exact) mass is 412 g/mol.